The first-order valence-corrected chi connectivity index (χ1v) is 11.7. The molecule has 2 fully saturated rings. The van der Waals surface area contributed by atoms with Crippen LogP contribution in [0, 0.1) is 5.82 Å². The molecular formula is C19H19Cl2FN4O4S. The minimum Gasteiger partial charge on any atom is -0.504 e. The van der Waals surface area contributed by atoms with Crippen molar-refractivity contribution in [2.24, 2.45) is 0 Å². The maximum Gasteiger partial charge on any atom is 0.323 e. The number of carbonyl (C=O) groups excluding carboxylic acids is 1. The average molecular weight is 489 g/mol. The van der Waals surface area contributed by atoms with Crippen LogP contribution in [0.15, 0.2) is 35.2 Å². The van der Waals surface area contributed by atoms with Crippen molar-refractivity contribution in [3.8, 4) is 5.75 Å². The monoisotopic (exact) mass is 488 g/mol. The lowest BCUT2D eigenvalue weighted by Crippen LogP contribution is -2.54. The summed E-state index contributed by atoms with van der Waals surface area (Å²) in [5, 5.41) is 18.2. The zero-order chi connectivity index (χ0) is 22.3. The van der Waals surface area contributed by atoms with Gasteiger partial charge in [-0.05, 0) is 37.1 Å². The van der Waals surface area contributed by atoms with E-state index in [9.17, 15) is 22.7 Å². The van der Waals surface area contributed by atoms with Crippen molar-refractivity contribution in [2.45, 2.75) is 29.8 Å². The second-order valence-corrected chi connectivity index (χ2v) is 9.90. The van der Waals surface area contributed by atoms with E-state index in [4.69, 9.17) is 23.2 Å². The van der Waals surface area contributed by atoms with Crippen LogP contribution in [0.3, 0.4) is 0 Å². The lowest BCUT2D eigenvalue weighted by molar-refractivity contribution is 0.261. The third kappa shape index (κ3) is 4.06. The highest BCUT2D eigenvalue weighted by Gasteiger charge is 2.46. The quantitative estimate of drug-likeness (QED) is 0.491. The van der Waals surface area contributed by atoms with Gasteiger partial charge in [0.15, 0.2) is 5.75 Å². The Hall–Kier alpha value is -2.11. The first kappa shape index (κ1) is 22.1. The SMILES string of the molecule is O=C(Nc1ccc(Cl)c(S(=O)(=O)N2[C@@H]3CC[C@H]2CNC3)c1O)Nc1cccc(F)c1Cl. The third-order valence-corrected chi connectivity index (χ3v) is 8.27. The summed E-state index contributed by atoms with van der Waals surface area (Å²) in [6.45, 7) is 1.03. The second kappa shape index (κ2) is 8.44. The van der Waals surface area contributed by atoms with Gasteiger partial charge in [0, 0.05) is 25.2 Å². The Labute approximate surface area is 188 Å². The molecule has 4 rings (SSSR count). The first-order chi connectivity index (χ1) is 14.7. The second-order valence-electron chi connectivity index (χ2n) is 7.33. The predicted molar refractivity (Wildman–Crippen MR) is 116 cm³/mol. The zero-order valence-electron chi connectivity index (χ0n) is 16.0. The van der Waals surface area contributed by atoms with Gasteiger partial charge in [-0.15, -0.1) is 0 Å². The van der Waals surface area contributed by atoms with Crippen molar-refractivity contribution in [3.05, 3.63) is 46.2 Å². The third-order valence-electron chi connectivity index (χ3n) is 5.38. The molecule has 2 aromatic carbocycles. The van der Waals surface area contributed by atoms with Crippen LogP contribution in [0.1, 0.15) is 12.8 Å². The zero-order valence-corrected chi connectivity index (χ0v) is 18.4. The summed E-state index contributed by atoms with van der Waals surface area (Å²) in [6, 6.07) is 5.14. The summed E-state index contributed by atoms with van der Waals surface area (Å²) < 4.78 is 41.7. The molecule has 0 unspecified atom stereocenters. The molecule has 31 heavy (non-hydrogen) atoms. The summed E-state index contributed by atoms with van der Waals surface area (Å²) in [4.78, 5) is 11.9. The number of urea groups is 1. The number of nitrogens with one attached hydrogen (secondary N) is 3. The molecule has 0 saturated carbocycles. The summed E-state index contributed by atoms with van der Waals surface area (Å²) in [5.41, 5.74) is -0.159. The Balaban J connectivity index is 1.62. The number of phenolic OH excluding ortho intramolecular Hbond substituents is 1. The lowest BCUT2D eigenvalue weighted by atomic mass is 10.2. The van der Waals surface area contributed by atoms with E-state index in [-0.39, 0.29) is 33.5 Å². The van der Waals surface area contributed by atoms with Gasteiger partial charge in [-0.25, -0.2) is 17.6 Å². The number of hydrogen-bond acceptors (Lipinski definition) is 5. The maximum absolute atomic E-state index is 13.6. The van der Waals surface area contributed by atoms with Gasteiger partial charge in [-0.3, -0.25) is 0 Å². The van der Waals surface area contributed by atoms with Crippen molar-refractivity contribution in [1.82, 2.24) is 9.62 Å². The molecule has 2 aromatic rings. The van der Waals surface area contributed by atoms with E-state index in [2.05, 4.69) is 16.0 Å². The number of nitrogens with zero attached hydrogens (tertiary/aromatic N) is 1. The Bertz CT molecular complexity index is 1130. The predicted octanol–water partition coefficient (Wildman–Crippen LogP) is 3.61. The van der Waals surface area contributed by atoms with E-state index in [1.165, 1.54) is 28.6 Å². The molecular weight excluding hydrogens is 470 g/mol. The molecule has 166 valence electrons. The van der Waals surface area contributed by atoms with E-state index in [0.717, 1.165) is 6.07 Å². The maximum atomic E-state index is 13.6. The summed E-state index contributed by atoms with van der Waals surface area (Å²) in [7, 11) is -4.12. The lowest BCUT2D eigenvalue weighted by Gasteiger charge is -2.34. The number of fused-ring (bicyclic) bond motifs is 2. The van der Waals surface area contributed by atoms with E-state index in [0.29, 0.717) is 25.9 Å². The van der Waals surface area contributed by atoms with E-state index in [1.54, 1.807) is 0 Å². The number of piperazine rings is 1. The molecule has 0 aromatic heterocycles. The van der Waals surface area contributed by atoms with E-state index >= 15 is 0 Å². The molecule has 0 spiro atoms. The van der Waals surface area contributed by atoms with Crippen LogP contribution in [-0.4, -0.2) is 49.0 Å². The smallest absolute Gasteiger partial charge is 0.323 e. The van der Waals surface area contributed by atoms with Crippen LogP contribution < -0.4 is 16.0 Å². The number of sulfonamides is 1. The number of halogens is 3. The average Bonchev–Trinajstić information content (AvgIpc) is 2.98. The van der Waals surface area contributed by atoms with Crippen molar-refractivity contribution < 1.29 is 22.7 Å². The molecule has 2 aliphatic rings. The van der Waals surface area contributed by atoms with Crippen LogP contribution in [0.2, 0.25) is 10.0 Å². The van der Waals surface area contributed by atoms with Crippen LogP contribution >= 0.6 is 23.2 Å². The molecule has 12 heteroatoms. The fraction of sp³-hybridized carbons (Fsp3) is 0.316. The minimum atomic E-state index is -4.12. The molecule has 0 aliphatic carbocycles. The number of carbonyl (C=O) groups is 1. The highest BCUT2D eigenvalue weighted by molar-refractivity contribution is 7.89. The molecule has 0 radical (unpaired) electrons. The molecule has 8 nitrogen and oxygen atoms in total. The van der Waals surface area contributed by atoms with Crippen molar-refractivity contribution in [1.29, 1.82) is 0 Å². The van der Waals surface area contributed by atoms with Crippen molar-refractivity contribution in [3.63, 3.8) is 0 Å². The highest BCUT2D eigenvalue weighted by Crippen LogP contribution is 2.42. The number of phenols is 1. The van der Waals surface area contributed by atoms with Crippen LogP contribution in [0.4, 0.5) is 20.6 Å². The van der Waals surface area contributed by atoms with Gasteiger partial charge in [-0.1, -0.05) is 29.3 Å². The van der Waals surface area contributed by atoms with E-state index in [1.807, 2.05) is 0 Å². The molecule has 2 saturated heterocycles. The normalized spacial score (nSPS) is 21.1. The number of hydrogen-bond donors (Lipinski definition) is 4. The molecule has 2 amide bonds. The van der Waals surface area contributed by atoms with Gasteiger partial charge < -0.3 is 21.1 Å². The molecule has 2 aliphatic heterocycles. The van der Waals surface area contributed by atoms with Crippen LogP contribution in [-0.2, 0) is 10.0 Å². The molecule has 2 bridgehead atoms. The number of anilines is 2. The van der Waals surface area contributed by atoms with Crippen LogP contribution in [0.25, 0.3) is 0 Å². The standard InChI is InChI=1S/C19H19Cl2FN4O4S/c20-12-6-7-15(25-19(28)24-14-3-1-2-13(22)16(14)21)17(27)18(12)31(29,30)26-10-4-5-11(26)9-23-8-10/h1-3,6-7,10-11,23,27H,4-5,8-9H2,(H2,24,25,28)/t10-,11+. The van der Waals surface area contributed by atoms with Gasteiger partial charge in [0.25, 0.3) is 0 Å². The molecule has 2 heterocycles. The number of amides is 2. The largest absolute Gasteiger partial charge is 0.504 e. The molecule has 2 atom stereocenters. The van der Waals surface area contributed by atoms with Gasteiger partial charge in [0.2, 0.25) is 10.0 Å². The highest BCUT2D eigenvalue weighted by atomic mass is 35.5. The van der Waals surface area contributed by atoms with Crippen molar-refractivity contribution in [2.75, 3.05) is 23.7 Å². The Morgan fingerprint density at radius 1 is 1.10 bits per heavy atom. The van der Waals surface area contributed by atoms with Crippen molar-refractivity contribution >= 4 is 50.6 Å². The molecule has 4 N–H and O–H groups in total. The summed E-state index contributed by atoms with van der Waals surface area (Å²) >= 11 is 12.0. The van der Waals surface area contributed by atoms with Gasteiger partial charge in [0.05, 0.1) is 21.4 Å². The summed E-state index contributed by atoms with van der Waals surface area (Å²) in [5.74, 6) is -1.39. The Kier molecular flexibility index (Phi) is 6.01. The van der Waals surface area contributed by atoms with Gasteiger partial charge in [0.1, 0.15) is 10.7 Å². The first-order valence-electron chi connectivity index (χ1n) is 9.48. The topological polar surface area (TPSA) is 111 Å². The van der Waals surface area contributed by atoms with Crippen LogP contribution in [0.5, 0.6) is 5.75 Å². The summed E-state index contributed by atoms with van der Waals surface area (Å²) in [6.07, 6.45) is 1.42. The minimum absolute atomic E-state index is 0.0119. The number of aromatic hydroxyl groups is 1. The van der Waals surface area contributed by atoms with Gasteiger partial charge in [-0.2, -0.15) is 4.31 Å². The fourth-order valence-electron chi connectivity index (χ4n) is 4.00. The van der Waals surface area contributed by atoms with E-state index < -0.39 is 32.5 Å². The van der Waals surface area contributed by atoms with Gasteiger partial charge >= 0.3 is 6.03 Å². The number of benzene rings is 2. The fourth-order valence-corrected chi connectivity index (χ4v) is 6.65. The number of rotatable bonds is 4. The Morgan fingerprint density at radius 2 is 1.74 bits per heavy atom. The Morgan fingerprint density at radius 3 is 2.42 bits per heavy atom.